The van der Waals surface area contributed by atoms with E-state index in [1.165, 1.54) is 4.31 Å². The van der Waals surface area contributed by atoms with E-state index in [-0.39, 0.29) is 41.9 Å². The van der Waals surface area contributed by atoms with Gasteiger partial charge in [0, 0.05) is 30.8 Å². The van der Waals surface area contributed by atoms with Gasteiger partial charge in [0.1, 0.15) is 23.0 Å². The molecule has 2 fully saturated rings. The molecule has 3 heterocycles. The minimum absolute atomic E-state index is 0.0634. The Morgan fingerprint density at radius 2 is 1.82 bits per heavy atom. The average Bonchev–Trinajstić information content (AvgIpc) is 3.60. The maximum Gasteiger partial charge on any atom is 0.241 e. The zero-order valence-electron chi connectivity index (χ0n) is 18.0. The molecular formula is C21H21F4N5O3S. The number of aliphatic hydroxyl groups excluding tert-OH is 1. The number of β-amino-alcohol motifs (C(OH)–C–C–N with tert-alkyl or cyclic N) is 1. The normalized spacial score (nSPS) is 21.8. The number of hydrogen-bond acceptors (Lipinski definition) is 6. The summed E-state index contributed by atoms with van der Waals surface area (Å²) in [6.45, 7) is 1.25. The molecule has 1 aromatic carbocycles. The molecule has 5 rings (SSSR count). The van der Waals surface area contributed by atoms with Crippen LogP contribution >= 0.6 is 0 Å². The van der Waals surface area contributed by atoms with E-state index in [2.05, 4.69) is 15.4 Å². The van der Waals surface area contributed by atoms with Crippen molar-refractivity contribution in [3.8, 4) is 11.3 Å². The highest BCUT2D eigenvalue weighted by molar-refractivity contribution is 7.90. The zero-order valence-corrected chi connectivity index (χ0v) is 18.8. The maximum absolute atomic E-state index is 14.7. The predicted molar refractivity (Wildman–Crippen MR) is 115 cm³/mol. The number of nitrogens with one attached hydrogen (secondary N) is 1. The van der Waals surface area contributed by atoms with Crippen LogP contribution in [0.3, 0.4) is 0 Å². The van der Waals surface area contributed by atoms with Gasteiger partial charge < -0.3 is 10.4 Å². The number of benzene rings is 1. The number of aromatic nitrogens is 3. The van der Waals surface area contributed by atoms with Crippen molar-refractivity contribution >= 4 is 21.5 Å². The Morgan fingerprint density at radius 3 is 2.50 bits per heavy atom. The van der Waals surface area contributed by atoms with Crippen LogP contribution in [0.15, 0.2) is 18.3 Å². The Kier molecular flexibility index (Phi) is 5.52. The van der Waals surface area contributed by atoms with Crippen molar-refractivity contribution in [2.24, 2.45) is 0 Å². The van der Waals surface area contributed by atoms with Crippen molar-refractivity contribution in [3.05, 3.63) is 47.2 Å². The van der Waals surface area contributed by atoms with Gasteiger partial charge in [-0.15, -0.1) is 5.10 Å². The first-order chi connectivity index (χ1) is 16.1. The van der Waals surface area contributed by atoms with E-state index >= 15 is 0 Å². The van der Waals surface area contributed by atoms with Crippen molar-refractivity contribution in [3.63, 3.8) is 0 Å². The van der Waals surface area contributed by atoms with E-state index in [0.717, 1.165) is 23.7 Å². The van der Waals surface area contributed by atoms with Crippen LogP contribution in [0.1, 0.15) is 24.8 Å². The van der Waals surface area contributed by atoms with Gasteiger partial charge in [0.2, 0.25) is 16.0 Å². The molecule has 13 heteroatoms. The lowest BCUT2D eigenvalue weighted by Crippen LogP contribution is -2.52. The van der Waals surface area contributed by atoms with E-state index in [0.29, 0.717) is 18.9 Å². The Hall–Kier alpha value is -2.77. The van der Waals surface area contributed by atoms with Crippen molar-refractivity contribution in [1.29, 1.82) is 0 Å². The molecular weight excluding hydrogens is 478 g/mol. The first kappa shape index (κ1) is 23.0. The van der Waals surface area contributed by atoms with E-state index in [1.807, 2.05) is 0 Å². The second-order valence-electron chi connectivity index (χ2n) is 8.62. The van der Waals surface area contributed by atoms with Crippen LogP contribution in [0.4, 0.5) is 23.5 Å². The summed E-state index contributed by atoms with van der Waals surface area (Å²) in [7, 11) is -3.42. The number of anilines is 1. The third-order valence-electron chi connectivity index (χ3n) is 6.29. The van der Waals surface area contributed by atoms with Gasteiger partial charge in [0.15, 0.2) is 5.82 Å². The molecule has 1 aliphatic heterocycles. The number of aliphatic hydroxyl groups is 1. The van der Waals surface area contributed by atoms with Crippen molar-refractivity contribution in [2.45, 2.75) is 43.6 Å². The Balaban J connectivity index is 1.44. The molecule has 34 heavy (non-hydrogen) atoms. The summed E-state index contributed by atoms with van der Waals surface area (Å²) >= 11 is 0. The SMILES string of the molecule is Cc1c(F)cc(F)c(-c2cc(F)c3cnc(N[C@@H]4CCN(S(=O)(=O)C5CC5)C[C@H]4O)nn23)c1F. The second-order valence-corrected chi connectivity index (χ2v) is 10.8. The minimum Gasteiger partial charge on any atom is -0.390 e. The summed E-state index contributed by atoms with van der Waals surface area (Å²) < 4.78 is 84.4. The van der Waals surface area contributed by atoms with Crippen LogP contribution in [0.2, 0.25) is 0 Å². The number of fused-ring (bicyclic) bond motifs is 1. The van der Waals surface area contributed by atoms with Crippen LogP contribution in [0.5, 0.6) is 0 Å². The fourth-order valence-electron chi connectivity index (χ4n) is 4.17. The second kappa shape index (κ2) is 8.17. The quantitative estimate of drug-likeness (QED) is 0.524. The molecule has 0 bridgehead atoms. The van der Waals surface area contributed by atoms with Crippen LogP contribution < -0.4 is 5.32 Å². The Morgan fingerprint density at radius 1 is 1.09 bits per heavy atom. The maximum atomic E-state index is 14.7. The first-order valence-electron chi connectivity index (χ1n) is 10.7. The minimum atomic E-state index is -3.42. The topological polar surface area (TPSA) is 99.8 Å². The van der Waals surface area contributed by atoms with E-state index in [4.69, 9.17) is 0 Å². The lowest BCUT2D eigenvalue weighted by atomic mass is 10.0. The van der Waals surface area contributed by atoms with Gasteiger partial charge >= 0.3 is 0 Å². The fraction of sp³-hybridized carbons (Fsp3) is 0.429. The smallest absolute Gasteiger partial charge is 0.241 e. The molecule has 2 aromatic heterocycles. The van der Waals surface area contributed by atoms with Crippen LogP contribution in [-0.4, -0.2) is 62.9 Å². The summed E-state index contributed by atoms with van der Waals surface area (Å²) in [6, 6.07) is 0.794. The summed E-state index contributed by atoms with van der Waals surface area (Å²) in [5, 5.41) is 17.2. The van der Waals surface area contributed by atoms with Gasteiger partial charge in [-0.05, 0) is 26.2 Å². The highest BCUT2D eigenvalue weighted by atomic mass is 32.2. The van der Waals surface area contributed by atoms with Crippen molar-refractivity contribution in [1.82, 2.24) is 18.9 Å². The van der Waals surface area contributed by atoms with Gasteiger partial charge in [-0.1, -0.05) is 0 Å². The number of hydrogen-bond donors (Lipinski definition) is 2. The number of nitrogens with zero attached hydrogens (tertiary/aromatic N) is 4. The lowest BCUT2D eigenvalue weighted by Gasteiger charge is -2.35. The molecule has 0 spiro atoms. The Bertz CT molecular complexity index is 1390. The van der Waals surface area contributed by atoms with Crippen LogP contribution in [0.25, 0.3) is 16.8 Å². The molecule has 0 unspecified atom stereocenters. The van der Waals surface area contributed by atoms with E-state index in [9.17, 15) is 31.1 Å². The third-order valence-corrected chi connectivity index (χ3v) is 8.65. The third kappa shape index (κ3) is 3.81. The van der Waals surface area contributed by atoms with Gasteiger partial charge in [0.25, 0.3) is 0 Å². The van der Waals surface area contributed by atoms with Crippen molar-refractivity contribution < 1.29 is 31.1 Å². The molecule has 1 saturated carbocycles. The molecule has 2 N–H and O–H groups in total. The molecule has 2 aliphatic rings. The van der Waals surface area contributed by atoms with Crippen molar-refractivity contribution in [2.75, 3.05) is 18.4 Å². The predicted octanol–water partition coefficient (Wildman–Crippen LogP) is 2.60. The summed E-state index contributed by atoms with van der Waals surface area (Å²) in [5.74, 6) is -4.36. The Labute approximate surface area is 192 Å². The van der Waals surface area contributed by atoms with E-state index < -0.39 is 56.6 Å². The number of halogens is 4. The molecule has 2 atom stereocenters. The zero-order chi connectivity index (χ0) is 24.4. The van der Waals surface area contributed by atoms with Gasteiger partial charge in [-0.2, -0.15) is 4.31 Å². The fourth-order valence-corrected chi connectivity index (χ4v) is 6.04. The van der Waals surface area contributed by atoms with Crippen LogP contribution in [-0.2, 0) is 10.0 Å². The number of rotatable bonds is 5. The van der Waals surface area contributed by atoms with Crippen LogP contribution in [0, 0.1) is 30.2 Å². The van der Waals surface area contributed by atoms with Gasteiger partial charge in [0.05, 0.1) is 34.8 Å². The number of sulfonamides is 1. The standard InChI is InChI=1S/C21H21F4N5O3S/c1-10-12(22)6-14(24)19(20(10)25)16-7-13(23)17-8-26-21(28-30(16)17)27-15-4-5-29(9-18(15)31)34(32,33)11-2-3-11/h6-8,11,15,18,31H,2-5,9H2,1H3,(H,27,28)/t15-,18-/m1/s1. The molecule has 0 radical (unpaired) electrons. The molecule has 1 aliphatic carbocycles. The number of piperidine rings is 1. The highest BCUT2D eigenvalue weighted by Gasteiger charge is 2.43. The lowest BCUT2D eigenvalue weighted by molar-refractivity contribution is 0.0946. The summed E-state index contributed by atoms with van der Waals surface area (Å²) in [6.07, 6.45) is 1.56. The van der Waals surface area contributed by atoms with Gasteiger partial charge in [-0.3, -0.25) is 0 Å². The van der Waals surface area contributed by atoms with Gasteiger partial charge in [-0.25, -0.2) is 35.5 Å². The highest BCUT2D eigenvalue weighted by Crippen LogP contribution is 2.34. The monoisotopic (exact) mass is 499 g/mol. The molecule has 182 valence electrons. The molecule has 8 nitrogen and oxygen atoms in total. The summed E-state index contributed by atoms with van der Waals surface area (Å²) in [5.41, 5.74) is -1.49. The first-order valence-corrected chi connectivity index (χ1v) is 12.2. The molecule has 0 amide bonds. The average molecular weight is 499 g/mol. The largest absolute Gasteiger partial charge is 0.390 e. The molecule has 1 saturated heterocycles. The van der Waals surface area contributed by atoms with E-state index in [1.54, 1.807) is 0 Å². The molecule has 3 aromatic rings. The summed E-state index contributed by atoms with van der Waals surface area (Å²) in [4.78, 5) is 4.01.